The van der Waals surface area contributed by atoms with Crippen LogP contribution in [0.25, 0.3) is 10.9 Å². The van der Waals surface area contributed by atoms with Crippen molar-refractivity contribution < 1.29 is 0 Å². The molecule has 3 N–H and O–H groups in total. The van der Waals surface area contributed by atoms with Gasteiger partial charge in [-0.1, -0.05) is 17.7 Å². The molecule has 0 spiro atoms. The smallest absolute Gasteiger partial charge is 0.0501 e. The molecule has 0 aliphatic carbocycles. The first kappa shape index (κ1) is 10.5. The van der Waals surface area contributed by atoms with E-state index < -0.39 is 0 Å². The van der Waals surface area contributed by atoms with Crippen molar-refractivity contribution in [2.45, 2.75) is 19.8 Å². The zero-order valence-electron chi connectivity index (χ0n) is 8.81. The van der Waals surface area contributed by atoms with Crippen LogP contribution in [0.1, 0.15) is 17.5 Å². The van der Waals surface area contributed by atoms with Gasteiger partial charge in [0.15, 0.2) is 0 Å². The summed E-state index contributed by atoms with van der Waals surface area (Å²) in [7, 11) is 0. The first-order valence-electron chi connectivity index (χ1n) is 5.19. The third kappa shape index (κ3) is 1.87. The van der Waals surface area contributed by atoms with E-state index in [0.717, 1.165) is 35.5 Å². The standard InChI is InChI=1S/C12H15ClN2/c1-8-11(13)5-4-10-9(3-2-6-14)7-15-12(8)10/h4-5,7,15H,2-3,6,14H2,1H3. The molecule has 0 aliphatic heterocycles. The van der Waals surface area contributed by atoms with Gasteiger partial charge in [-0.15, -0.1) is 0 Å². The van der Waals surface area contributed by atoms with E-state index in [4.69, 9.17) is 17.3 Å². The van der Waals surface area contributed by atoms with Gasteiger partial charge in [0, 0.05) is 16.6 Å². The first-order chi connectivity index (χ1) is 7.24. The molecule has 2 nitrogen and oxygen atoms in total. The second kappa shape index (κ2) is 4.25. The molecule has 0 atom stereocenters. The Bertz CT molecular complexity index is 474. The minimum absolute atomic E-state index is 0.735. The summed E-state index contributed by atoms with van der Waals surface area (Å²) < 4.78 is 0. The lowest BCUT2D eigenvalue weighted by molar-refractivity contribution is 0.837. The largest absolute Gasteiger partial charge is 0.361 e. The van der Waals surface area contributed by atoms with Crippen LogP contribution in [0.2, 0.25) is 5.02 Å². The summed E-state index contributed by atoms with van der Waals surface area (Å²) in [5, 5.41) is 2.08. The molecule has 0 aliphatic rings. The normalized spacial score (nSPS) is 11.1. The predicted molar refractivity (Wildman–Crippen MR) is 65.4 cm³/mol. The molecule has 1 aromatic heterocycles. The molecule has 80 valence electrons. The Morgan fingerprint density at radius 3 is 2.93 bits per heavy atom. The van der Waals surface area contributed by atoms with Crippen LogP contribution in [0, 0.1) is 6.92 Å². The highest BCUT2D eigenvalue weighted by Crippen LogP contribution is 2.27. The molecule has 0 bridgehead atoms. The summed E-state index contributed by atoms with van der Waals surface area (Å²) in [5.74, 6) is 0. The second-order valence-corrected chi connectivity index (χ2v) is 4.21. The topological polar surface area (TPSA) is 41.8 Å². The zero-order chi connectivity index (χ0) is 10.8. The number of benzene rings is 1. The van der Waals surface area contributed by atoms with E-state index in [1.54, 1.807) is 0 Å². The van der Waals surface area contributed by atoms with E-state index in [1.807, 2.05) is 13.0 Å². The van der Waals surface area contributed by atoms with E-state index >= 15 is 0 Å². The molecule has 1 aromatic carbocycles. The highest BCUT2D eigenvalue weighted by molar-refractivity contribution is 6.32. The van der Waals surface area contributed by atoms with Crippen molar-refractivity contribution in [2.75, 3.05) is 6.54 Å². The van der Waals surface area contributed by atoms with Crippen LogP contribution in [-0.4, -0.2) is 11.5 Å². The van der Waals surface area contributed by atoms with E-state index in [0.29, 0.717) is 0 Å². The Kier molecular flexibility index (Phi) is 2.98. The van der Waals surface area contributed by atoms with Crippen LogP contribution in [0.5, 0.6) is 0 Å². The van der Waals surface area contributed by atoms with E-state index in [-0.39, 0.29) is 0 Å². The fraction of sp³-hybridized carbons (Fsp3) is 0.333. The van der Waals surface area contributed by atoms with E-state index in [2.05, 4.69) is 17.2 Å². The molecule has 0 fully saturated rings. The molecule has 0 radical (unpaired) electrons. The first-order valence-corrected chi connectivity index (χ1v) is 5.57. The molecule has 1 heterocycles. The summed E-state index contributed by atoms with van der Waals surface area (Å²) in [6, 6.07) is 4.03. The summed E-state index contributed by atoms with van der Waals surface area (Å²) in [6.07, 6.45) is 4.11. The number of nitrogens with one attached hydrogen (secondary N) is 1. The van der Waals surface area contributed by atoms with Crippen LogP contribution in [-0.2, 0) is 6.42 Å². The average Bonchev–Trinajstić information content (AvgIpc) is 2.64. The van der Waals surface area contributed by atoms with Gasteiger partial charge in [0.25, 0.3) is 0 Å². The van der Waals surface area contributed by atoms with Crippen LogP contribution >= 0.6 is 11.6 Å². The summed E-state index contributed by atoms with van der Waals surface area (Å²) in [6.45, 7) is 2.77. The highest BCUT2D eigenvalue weighted by atomic mass is 35.5. The van der Waals surface area contributed by atoms with Gasteiger partial charge in [-0.05, 0) is 43.5 Å². The Labute approximate surface area is 94.4 Å². The molecule has 2 aromatic rings. The van der Waals surface area contributed by atoms with Gasteiger partial charge < -0.3 is 10.7 Å². The van der Waals surface area contributed by atoms with Crippen LogP contribution in [0.3, 0.4) is 0 Å². The summed E-state index contributed by atoms with van der Waals surface area (Å²) >= 11 is 6.06. The lowest BCUT2D eigenvalue weighted by Gasteiger charge is -2.01. The van der Waals surface area contributed by atoms with Gasteiger partial charge >= 0.3 is 0 Å². The van der Waals surface area contributed by atoms with Crippen molar-refractivity contribution in [2.24, 2.45) is 5.73 Å². The lowest BCUT2D eigenvalue weighted by Crippen LogP contribution is -1.99. The molecule has 2 rings (SSSR count). The number of nitrogens with two attached hydrogens (primary N) is 1. The minimum Gasteiger partial charge on any atom is -0.361 e. The van der Waals surface area contributed by atoms with Crippen LogP contribution in [0.4, 0.5) is 0 Å². The van der Waals surface area contributed by atoms with E-state index in [1.165, 1.54) is 10.9 Å². The number of aryl methyl sites for hydroxylation is 2. The second-order valence-electron chi connectivity index (χ2n) is 3.80. The summed E-state index contributed by atoms with van der Waals surface area (Å²) in [4.78, 5) is 3.28. The molecular weight excluding hydrogens is 208 g/mol. The number of hydrogen-bond donors (Lipinski definition) is 2. The van der Waals surface area contributed by atoms with Gasteiger partial charge in [-0.3, -0.25) is 0 Å². The molecular formula is C12H15ClN2. The van der Waals surface area contributed by atoms with Crippen molar-refractivity contribution in [3.63, 3.8) is 0 Å². The maximum atomic E-state index is 6.06. The number of halogens is 1. The predicted octanol–water partition coefficient (Wildman–Crippen LogP) is 3.02. The van der Waals surface area contributed by atoms with Crippen molar-refractivity contribution >= 4 is 22.5 Å². The van der Waals surface area contributed by atoms with Crippen molar-refractivity contribution in [1.29, 1.82) is 0 Å². The molecule has 0 saturated carbocycles. The molecule has 15 heavy (non-hydrogen) atoms. The van der Waals surface area contributed by atoms with Crippen LogP contribution in [0.15, 0.2) is 18.3 Å². The average molecular weight is 223 g/mol. The third-order valence-corrected chi connectivity index (χ3v) is 3.20. The van der Waals surface area contributed by atoms with Gasteiger partial charge in [0.05, 0.1) is 5.52 Å². The number of aromatic amines is 1. The van der Waals surface area contributed by atoms with Crippen molar-refractivity contribution in [3.8, 4) is 0 Å². The van der Waals surface area contributed by atoms with Gasteiger partial charge in [0.1, 0.15) is 0 Å². The van der Waals surface area contributed by atoms with Gasteiger partial charge in [-0.25, -0.2) is 0 Å². The minimum atomic E-state index is 0.735. The molecule has 0 amide bonds. The number of rotatable bonds is 3. The molecule has 3 heteroatoms. The number of hydrogen-bond acceptors (Lipinski definition) is 1. The Balaban J connectivity index is 2.47. The fourth-order valence-corrected chi connectivity index (χ4v) is 2.03. The van der Waals surface area contributed by atoms with Gasteiger partial charge in [-0.2, -0.15) is 0 Å². The van der Waals surface area contributed by atoms with Crippen molar-refractivity contribution in [3.05, 3.63) is 34.5 Å². The Hall–Kier alpha value is -0.990. The Morgan fingerprint density at radius 1 is 1.40 bits per heavy atom. The SMILES string of the molecule is Cc1c(Cl)ccc2c(CCCN)c[nH]c12. The monoisotopic (exact) mass is 222 g/mol. The van der Waals surface area contributed by atoms with Gasteiger partial charge in [0.2, 0.25) is 0 Å². The Morgan fingerprint density at radius 2 is 2.20 bits per heavy atom. The maximum Gasteiger partial charge on any atom is 0.0501 e. The zero-order valence-corrected chi connectivity index (χ0v) is 9.56. The third-order valence-electron chi connectivity index (χ3n) is 2.79. The molecule has 0 saturated heterocycles. The maximum absolute atomic E-state index is 6.06. The summed E-state index contributed by atoms with van der Waals surface area (Å²) in [5.41, 5.74) is 9.11. The quantitative estimate of drug-likeness (QED) is 0.824. The lowest BCUT2D eigenvalue weighted by atomic mass is 10.1. The number of H-pyrrole nitrogens is 1. The van der Waals surface area contributed by atoms with E-state index in [9.17, 15) is 0 Å². The van der Waals surface area contributed by atoms with Crippen molar-refractivity contribution in [1.82, 2.24) is 4.98 Å². The highest BCUT2D eigenvalue weighted by Gasteiger charge is 2.07. The van der Waals surface area contributed by atoms with Crippen LogP contribution < -0.4 is 5.73 Å². The number of fused-ring (bicyclic) bond motifs is 1. The number of aromatic nitrogens is 1. The fourth-order valence-electron chi connectivity index (χ4n) is 1.88. The molecule has 0 unspecified atom stereocenters.